The average Bonchev–Trinajstić information content (AvgIpc) is 2.91. The van der Waals surface area contributed by atoms with Gasteiger partial charge in [0.05, 0.1) is 24.2 Å². The summed E-state index contributed by atoms with van der Waals surface area (Å²) in [7, 11) is -1.96. The molecule has 1 fully saturated rings. The van der Waals surface area contributed by atoms with Crippen molar-refractivity contribution in [3.05, 3.63) is 29.3 Å². The minimum Gasteiger partial charge on any atom is -0.392 e. The van der Waals surface area contributed by atoms with Crippen LogP contribution in [0.3, 0.4) is 0 Å². The number of hydrogen-bond donors (Lipinski definition) is 1. The standard InChI is InChI=1S/C13H19NO4S/c1-10-11(8-15)4-3-5-13(10)19(16,17)14(2)12-6-7-18-9-12/h3-5,12,15H,6-9H2,1-2H3. The lowest BCUT2D eigenvalue weighted by atomic mass is 10.1. The molecule has 1 heterocycles. The van der Waals surface area contributed by atoms with E-state index in [4.69, 9.17) is 4.74 Å². The van der Waals surface area contributed by atoms with Crippen LogP contribution in [-0.2, 0) is 21.4 Å². The lowest BCUT2D eigenvalue weighted by Gasteiger charge is -2.24. The Bertz CT molecular complexity index is 550. The van der Waals surface area contributed by atoms with Gasteiger partial charge in [0.1, 0.15) is 0 Å². The van der Waals surface area contributed by atoms with Gasteiger partial charge in [0.15, 0.2) is 0 Å². The topological polar surface area (TPSA) is 66.8 Å². The molecule has 1 aromatic rings. The molecule has 1 saturated heterocycles. The Labute approximate surface area is 113 Å². The highest BCUT2D eigenvalue weighted by molar-refractivity contribution is 7.89. The van der Waals surface area contributed by atoms with Gasteiger partial charge in [-0.15, -0.1) is 0 Å². The zero-order chi connectivity index (χ0) is 14.0. The molecular formula is C13H19NO4S. The Morgan fingerprint density at radius 3 is 2.79 bits per heavy atom. The third-order valence-corrected chi connectivity index (χ3v) is 5.70. The van der Waals surface area contributed by atoms with E-state index in [-0.39, 0.29) is 17.5 Å². The molecule has 2 rings (SSSR count). The van der Waals surface area contributed by atoms with Crippen molar-refractivity contribution in [1.82, 2.24) is 4.31 Å². The van der Waals surface area contributed by atoms with Crippen LogP contribution in [0.4, 0.5) is 0 Å². The number of ether oxygens (including phenoxy) is 1. The van der Waals surface area contributed by atoms with Crippen molar-refractivity contribution in [3.63, 3.8) is 0 Å². The molecule has 1 aromatic carbocycles. The molecule has 0 bridgehead atoms. The monoisotopic (exact) mass is 285 g/mol. The van der Waals surface area contributed by atoms with Gasteiger partial charge in [0.25, 0.3) is 0 Å². The molecule has 1 aliphatic rings. The fourth-order valence-corrected chi connectivity index (χ4v) is 3.91. The first kappa shape index (κ1) is 14.5. The predicted molar refractivity (Wildman–Crippen MR) is 71.3 cm³/mol. The van der Waals surface area contributed by atoms with E-state index in [9.17, 15) is 13.5 Å². The number of aliphatic hydroxyl groups excluding tert-OH is 1. The first-order valence-corrected chi connectivity index (χ1v) is 7.67. The lowest BCUT2D eigenvalue weighted by Crippen LogP contribution is -2.37. The predicted octanol–water partition coefficient (Wildman–Crippen LogP) is 0.897. The van der Waals surface area contributed by atoms with E-state index in [2.05, 4.69) is 0 Å². The van der Waals surface area contributed by atoms with Crippen molar-refractivity contribution in [2.24, 2.45) is 0 Å². The fourth-order valence-electron chi connectivity index (χ4n) is 2.27. The maximum Gasteiger partial charge on any atom is 0.243 e. The van der Waals surface area contributed by atoms with E-state index >= 15 is 0 Å². The number of likely N-dealkylation sites (N-methyl/N-ethyl adjacent to an activating group) is 1. The molecular weight excluding hydrogens is 266 g/mol. The van der Waals surface area contributed by atoms with Gasteiger partial charge in [-0.05, 0) is 30.5 Å². The van der Waals surface area contributed by atoms with Gasteiger partial charge in [-0.1, -0.05) is 12.1 Å². The molecule has 0 saturated carbocycles. The number of sulfonamides is 1. The second kappa shape index (κ2) is 5.58. The Morgan fingerprint density at radius 2 is 2.21 bits per heavy atom. The summed E-state index contributed by atoms with van der Waals surface area (Å²) in [5.41, 5.74) is 1.24. The van der Waals surface area contributed by atoms with Crippen LogP contribution in [0.2, 0.25) is 0 Å². The average molecular weight is 285 g/mol. The lowest BCUT2D eigenvalue weighted by molar-refractivity contribution is 0.181. The van der Waals surface area contributed by atoms with E-state index in [1.54, 1.807) is 32.2 Å². The Kier molecular flexibility index (Phi) is 4.25. The van der Waals surface area contributed by atoms with Crippen LogP contribution in [0.1, 0.15) is 17.5 Å². The summed E-state index contributed by atoms with van der Waals surface area (Å²) in [5.74, 6) is 0. The first-order valence-electron chi connectivity index (χ1n) is 6.23. The van der Waals surface area contributed by atoms with Crippen LogP contribution in [-0.4, -0.2) is 44.1 Å². The van der Waals surface area contributed by atoms with Gasteiger partial charge in [-0.2, -0.15) is 4.31 Å². The Balaban J connectivity index is 2.39. The third-order valence-electron chi connectivity index (χ3n) is 3.64. The number of aliphatic hydroxyl groups is 1. The van der Waals surface area contributed by atoms with Gasteiger partial charge in [-0.3, -0.25) is 0 Å². The fraction of sp³-hybridized carbons (Fsp3) is 0.538. The first-order chi connectivity index (χ1) is 8.98. The highest BCUT2D eigenvalue weighted by Gasteiger charge is 2.31. The van der Waals surface area contributed by atoms with Gasteiger partial charge >= 0.3 is 0 Å². The zero-order valence-electron chi connectivity index (χ0n) is 11.2. The summed E-state index contributed by atoms with van der Waals surface area (Å²) >= 11 is 0. The second-order valence-corrected chi connectivity index (χ2v) is 6.70. The SMILES string of the molecule is Cc1c(CO)cccc1S(=O)(=O)N(C)C1CCOC1. The van der Waals surface area contributed by atoms with E-state index in [0.717, 1.165) is 0 Å². The van der Waals surface area contributed by atoms with Gasteiger partial charge in [0.2, 0.25) is 10.0 Å². The molecule has 0 aromatic heterocycles. The second-order valence-electron chi connectivity index (χ2n) is 4.74. The van der Waals surface area contributed by atoms with Crippen LogP contribution < -0.4 is 0 Å². The zero-order valence-corrected chi connectivity index (χ0v) is 12.0. The van der Waals surface area contributed by atoms with Gasteiger partial charge in [0, 0.05) is 13.7 Å². The van der Waals surface area contributed by atoms with Crippen molar-refractivity contribution in [2.45, 2.75) is 30.9 Å². The van der Waals surface area contributed by atoms with Crippen molar-refractivity contribution in [2.75, 3.05) is 20.3 Å². The third kappa shape index (κ3) is 2.67. The number of nitrogens with zero attached hydrogens (tertiary/aromatic N) is 1. The molecule has 0 aliphatic carbocycles. The summed E-state index contributed by atoms with van der Waals surface area (Å²) in [4.78, 5) is 0.258. The highest BCUT2D eigenvalue weighted by Crippen LogP contribution is 2.25. The van der Waals surface area contributed by atoms with Crippen LogP contribution in [0, 0.1) is 6.92 Å². The summed E-state index contributed by atoms with van der Waals surface area (Å²) in [6.45, 7) is 2.59. The minimum absolute atomic E-state index is 0.109. The molecule has 1 unspecified atom stereocenters. The Hall–Kier alpha value is -0.950. The van der Waals surface area contributed by atoms with Crippen LogP contribution in [0.5, 0.6) is 0 Å². The van der Waals surface area contributed by atoms with Crippen LogP contribution in [0.25, 0.3) is 0 Å². The van der Waals surface area contributed by atoms with Crippen LogP contribution >= 0.6 is 0 Å². The molecule has 106 valence electrons. The quantitative estimate of drug-likeness (QED) is 0.892. The minimum atomic E-state index is -3.54. The number of rotatable bonds is 4. The molecule has 1 atom stereocenters. The molecule has 0 spiro atoms. The van der Waals surface area contributed by atoms with Gasteiger partial charge in [-0.25, -0.2) is 8.42 Å². The molecule has 1 aliphatic heterocycles. The normalized spacial score (nSPS) is 20.1. The molecule has 1 N–H and O–H groups in total. The van der Waals surface area contributed by atoms with Crippen molar-refractivity contribution < 1.29 is 18.3 Å². The summed E-state index contributed by atoms with van der Waals surface area (Å²) in [6.07, 6.45) is 0.717. The summed E-state index contributed by atoms with van der Waals surface area (Å²) in [6, 6.07) is 4.86. The van der Waals surface area contributed by atoms with Crippen molar-refractivity contribution in [3.8, 4) is 0 Å². The molecule has 5 nitrogen and oxygen atoms in total. The maximum atomic E-state index is 12.6. The van der Waals surface area contributed by atoms with Crippen molar-refractivity contribution in [1.29, 1.82) is 0 Å². The maximum absolute atomic E-state index is 12.6. The number of benzene rings is 1. The summed E-state index contributed by atoms with van der Waals surface area (Å²) in [5, 5.41) is 9.23. The molecule has 0 radical (unpaired) electrons. The molecule has 6 heteroatoms. The molecule has 0 amide bonds. The van der Waals surface area contributed by atoms with E-state index in [1.165, 1.54) is 4.31 Å². The van der Waals surface area contributed by atoms with E-state index in [0.29, 0.717) is 30.8 Å². The molecule has 19 heavy (non-hydrogen) atoms. The van der Waals surface area contributed by atoms with Crippen molar-refractivity contribution >= 4 is 10.0 Å². The van der Waals surface area contributed by atoms with Crippen LogP contribution in [0.15, 0.2) is 23.1 Å². The highest BCUT2D eigenvalue weighted by atomic mass is 32.2. The number of hydrogen-bond acceptors (Lipinski definition) is 4. The van der Waals surface area contributed by atoms with E-state index in [1.807, 2.05) is 0 Å². The largest absolute Gasteiger partial charge is 0.392 e. The smallest absolute Gasteiger partial charge is 0.243 e. The Morgan fingerprint density at radius 1 is 1.47 bits per heavy atom. The van der Waals surface area contributed by atoms with E-state index < -0.39 is 10.0 Å². The van der Waals surface area contributed by atoms with Gasteiger partial charge < -0.3 is 9.84 Å². The summed E-state index contributed by atoms with van der Waals surface area (Å²) < 4.78 is 31.8.